The number of nitro benzene ring substituents is 1. The number of non-ortho nitro benzene ring substituents is 1. The van der Waals surface area contributed by atoms with Gasteiger partial charge in [0.05, 0.1) is 39.9 Å². The molecule has 2 amide bonds. The third-order valence-corrected chi connectivity index (χ3v) is 8.48. The topological polar surface area (TPSA) is 89.8 Å². The summed E-state index contributed by atoms with van der Waals surface area (Å²) < 4.78 is 4.50. The number of amides is 2. The Balaban J connectivity index is 1.57. The third kappa shape index (κ3) is 2.39. The van der Waals surface area contributed by atoms with Gasteiger partial charge in [-0.2, -0.15) is 0 Å². The highest BCUT2D eigenvalue weighted by Crippen LogP contribution is 2.66. The Kier molecular flexibility index (Phi) is 4.11. The average molecular weight is 505 g/mol. The van der Waals surface area contributed by atoms with E-state index >= 15 is 0 Å². The van der Waals surface area contributed by atoms with E-state index in [1.54, 1.807) is 0 Å². The van der Waals surface area contributed by atoms with Gasteiger partial charge in [0.1, 0.15) is 5.75 Å². The molecule has 1 heterocycles. The van der Waals surface area contributed by atoms with Crippen molar-refractivity contribution in [2.45, 2.75) is 10.2 Å². The lowest BCUT2D eigenvalue weighted by molar-refractivity contribution is -0.384. The van der Waals surface area contributed by atoms with E-state index in [0.29, 0.717) is 0 Å². The smallest absolute Gasteiger partial charge is 0.273 e. The highest BCUT2D eigenvalue weighted by Gasteiger charge is 2.67. The number of alkyl halides is 1. The summed E-state index contributed by atoms with van der Waals surface area (Å²) in [5.41, 5.74) is 4.10. The molecule has 0 saturated carbocycles. The molecule has 1 aliphatic heterocycles. The van der Waals surface area contributed by atoms with E-state index in [1.165, 1.54) is 25.3 Å². The van der Waals surface area contributed by atoms with Crippen molar-refractivity contribution in [2.24, 2.45) is 11.8 Å². The summed E-state index contributed by atoms with van der Waals surface area (Å²) in [6, 6.07) is 19.8. The lowest BCUT2D eigenvalue weighted by atomic mass is 9.55. The Morgan fingerprint density at radius 3 is 2.15 bits per heavy atom. The van der Waals surface area contributed by atoms with E-state index in [4.69, 9.17) is 4.74 Å². The first-order valence-electron chi connectivity index (χ1n) is 10.5. The molecule has 0 aromatic heterocycles. The number of nitro groups is 1. The molecule has 0 unspecified atom stereocenters. The maximum atomic E-state index is 13.9. The number of rotatable bonds is 3. The number of hydrogen-bond donors (Lipinski definition) is 0. The van der Waals surface area contributed by atoms with Gasteiger partial charge in [-0.25, -0.2) is 4.90 Å². The number of halogens is 1. The van der Waals surface area contributed by atoms with Gasteiger partial charge in [-0.3, -0.25) is 19.7 Å². The minimum Gasteiger partial charge on any atom is -0.494 e. The van der Waals surface area contributed by atoms with Crippen LogP contribution in [0.4, 0.5) is 11.4 Å². The van der Waals surface area contributed by atoms with Crippen LogP contribution in [0, 0.1) is 22.0 Å². The van der Waals surface area contributed by atoms with Crippen molar-refractivity contribution in [3.63, 3.8) is 0 Å². The Morgan fingerprint density at radius 2 is 1.58 bits per heavy atom. The van der Waals surface area contributed by atoms with Crippen LogP contribution in [0.2, 0.25) is 0 Å². The summed E-state index contributed by atoms with van der Waals surface area (Å²) in [5, 5.41) is 11.2. The monoisotopic (exact) mass is 504 g/mol. The average Bonchev–Trinajstić information content (AvgIpc) is 3.10. The minimum atomic E-state index is -0.852. The van der Waals surface area contributed by atoms with Crippen LogP contribution >= 0.6 is 15.9 Å². The van der Waals surface area contributed by atoms with Gasteiger partial charge in [-0.05, 0) is 28.3 Å². The summed E-state index contributed by atoms with van der Waals surface area (Å²) in [5.74, 6) is -2.07. The van der Waals surface area contributed by atoms with E-state index in [9.17, 15) is 19.7 Å². The predicted octanol–water partition coefficient (Wildman–Crippen LogP) is 4.51. The number of methoxy groups -OCH3 is 1. The van der Waals surface area contributed by atoms with Crippen LogP contribution in [0.1, 0.15) is 28.2 Å². The number of nitrogens with zero attached hydrogens (tertiary/aromatic N) is 2. The fraction of sp³-hybridized carbons (Fsp3) is 0.200. The maximum absolute atomic E-state index is 13.9. The molecule has 7 rings (SSSR count). The van der Waals surface area contributed by atoms with E-state index in [1.807, 2.05) is 48.5 Å². The summed E-state index contributed by atoms with van der Waals surface area (Å²) in [6.45, 7) is 0. The fourth-order valence-corrected chi connectivity index (χ4v) is 7.08. The molecule has 164 valence electrons. The SMILES string of the molecule is COc1cc([N+](=O)[O-])ccc1N1C(=O)[C@@H]2C3c4ccccc4C(Br)(c4ccccc43)[C@@H]2C1=O. The van der Waals surface area contributed by atoms with Gasteiger partial charge in [-0.15, -0.1) is 0 Å². The second-order valence-corrected chi connectivity index (χ2v) is 9.74. The van der Waals surface area contributed by atoms with Crippen LogP contribution in [0.5, 0.6) is 5.75 Å². The van der Waals surface area contributed by atoms with Crippen LogP contribution in [0.3, 0.4) is 0 Å². The summed E-state index contributed by atoms with van der Waals surface area (Å²) >= 11 is 3.95. The fourth-order valence-electron chi connectivity index (χ4n) is 5.88. The van der Waals surface area contributed by atoms with Gasteiger partial charge in [0.15, 0.2) is 0 Å². The first kappa shape index (κ1) is 20.1. The van der Waals surface area contributed by atoms with Crippen LogP contribution in [-0.2, 0) is 13.9 Å². The number of carbonyl (C=O) groups is 2. The second-order valence-electron chi connectivity index (χ2n) is 8.49. The molecule has 1 saturated heterocycles. The highest BCUT2D eigenvalue weighted by atomic mass is 79.9. The van der Waals surface area contributed by atoms with Gasteiger partial charge in [-0.1, -0.05) is 64.5 Å². The number of hydrogen-bond acceptors (Lipinski definition) is 5. The minimum absolute atomic E-state index is 0.107. The zero-order valence-corrected chi connectivity index (χ0v) is 19.0. The molecule has 3 aromatic rings. The zero-order chi connectivity index (χ0) is 23.1. The van der Waals surface area contributed by atoms with Crippen molar-refractivity contribution >= 4 is 39.1 Å². The summed E-state index contributed by atoms with van der Waals surface area (Å²) in [7, 11) is 1.36. The Labute approximate surface area is 197 Å². The highest BCUT2D eigenvalue weighted by molar-refractivity contribution is 9.09. The van der Waals surface area contributed by atoms with E-state index < -0.39 is 21.1 Å². The quantitative estimate of drug-likeness (QED) is 0.226. The lowest BCUT2D eigenvalue weighted by Crippen LogP contribution is -2.50. The van der Waals surface area contributed by atoms with Crippen LogP contribution in [0.15, 0.2) is 66.7 Å². The number of imide groups is 1. The van der Waals surface area contributed by atoms with Gasteiger partial charge in [0, 0.05) is 12.0 Å². The van der Waals surface area contributed by atoms with Crippen molar-refractivity contribution < 1.29 is 19.2 Å². The predicted molar refractivity (Wildman–Crippen MR) is 124 cm³/mol. The molecule has 3 aromatic carbocycles. The van der Waals surface area contributed by atoms with Crippen LogP contribution in [-0.4, -0.2) is 23.8 Å². The molecule has 1 fully saturated rings. The van der Waals surface area contributed by atoms with Crippen molar-refractivity contribution in [1.29, 1.82) is 0 Å². The van der Waals surface area contributed by atoms with E-state index in [2.05, 4.69) is 15.9 Å². The third-order valence-electron chi connectivity index (χ3n) is 7.13. The zero-order valence-electron chi connectivity index (χ0n) is 17.4. The molecule has 4 aliphatic rings. The molecule has 2 bridgehead atoms. The number of ether oxygens (including phenoxy) is 1. The van der Waals surface area contributed by atoms with Gasteiger partial charge < -0.3 is 4.74 Å². The number of carbonyl (C=O) groups excluding carboxylic acids is 2. The lowest BCUT2D eigenvalue weighted by Gasteiger charge is -2.51. The van der Waals surface area contributed by atoms with Gasteiger partial charge in [0.25, 0.3) is 5.69 Å². The maximum Gasteiger partial charge on any atom is 0.273 e. The standard InChI is InChI=1S/C25H17BrN2O5/c1-33-19-12-13(28(31)32)10-11-18(19)27-23(29)21-20-14-6-2-4-8-16(14)25(26,22(21)24(27)30)17-9-5-3-7-15(17)20/h2-12,20-22H,1H3/t20?,21-,22+,25?/m1/s1. The molecular formula is C25H17BrN2O5. The van der Waals surface area contributed by atoms with E-state index in [0.717, 1.165) is 27.2 Å². The molecular weight excluding hydrogens is 488 g/mol. The largest absolute Gasteiger partial charge is 0.494 e. The van der Waals surface area contributed by atoms with Crippen LogP contribution in [0.25, 0.3) is 0 Å². The van der Waals surface area contributed by atoms with Crippen molar-refractivity contribution in [1.82, 2.24) is 0 Å². The van der Waals surface area contributed by atoms with Gasteiger partial charge >= 0.3 is 0 Å². The first-order valence-corrected chi connectivity index (χ1v) is 11.3. The van der Waals surface area contributed by atoms with Crippen LogP contribution < -0.4 is 9.64 Å². The molecule has 3 aliphatic carbocycles. The molecule has 33 heavy (non-hydrogen) atoms. The summed E-state index contributed by atoms with van der Waals surface area (Å²) in [4.78, 5) is 39.7. The second kappa shape index (κ2) is 6.74. The van der Waals surface area contributed by atoms with E-state index in [-0.39, 0.29) is 34.9 Å². The summed E-state index contributed by atoms with van der Waals surface area (Å²) in [6.07, 6.45) is 0. The molecule has 2 atom stereocenters. The molecule has 0 radical (unpaired) electrons. The number of benzene rings is 3. The molecule has 0 N–H and O–H groups in total. The van der Waals surface area contributed by atoms with Crippen molar-refractivity contribution in [3.8, 4) is 5.75 Å². The Morgan fingerprint density at radius 1 is 0.970 bits per heavy atom. The van der Waals surface area contributed by atoms with Crippen molar-refractivity contribution in [3.05, 3.63) is 99.1 Å². The normalized spacial score (nSPS) is 26.6. The molecule has 8 heteroatoms. The Bertz CT molecular complexity index is 1340. The molecule has 0 spiro atoms. The first-order chi connectivity index (χ1) is 15.9. The van der Waals surface area contributed by atoms with Gasteiger partial charge in [0.2, 0.25) is 11.8 Å². The molecule has 7 nitrogen and oxygen atoms in total. The van der Waals surface area contributed by atoms with Crippen molar-refractivity contribution in [2.75, 3.05) is 12.0 Å². The Hall–Kier alpha value is -3.52. The number of anilines is 1.